The van der Waals surface area contributed by atoms with Crippen molar-refractivity contribution in [3.8, 4) is 5.75 Å². The lowest BCUT2D eigenvalue weighted by Gasteiger charge is -2.33. The molecule has 1 aliphatic rings. The lowest BCUT2D eigenvalue weighted by molar-refractivity contribution is 0.410. The van der Waals surface area contributed by atoms with Gasteiger partial charge in [0.05, 0.1) is 22.9 Å². The van der Waals surface area contributed by atoms with Crippen molar-refractivity contribution in [3.63, 3.8) is 0 Å². The maximum absolute atomic E-state index is 14.2. The van der Waals surface area contributed by atoms with Gasteiger partial charge in [0, 0.05) is 30.5 Å². The first kappa shape index (κ1) is 28.6. The average molecular weight is 555 g/mol. The van der Waals surface area contributed by atoms with E-state index in [0.717, 1.165) is 33.3 Å². The molecular weight excluding hydrogens is 512 g/mol. The number of hydrogen-bond donors (Lipinski definition) is 0. The van der Waals surface area contributed by atoms with Gasteiger partial charge in [-0.1, -0.05) is 71.9 Å². The number of methoxy groups -OCH3 is 1. The molecule has 38 heavy (non-hydrogen) atoms. The van der Waals surface area contributed by atoms with E-state index in [-0.39, 0.29) is 17.1 Å². The molecule has 0 saturated carbocycles. The third kappa shape index (κ3) is 5.94. The Bertz CT molecular complexity index is 1320. The maximum Gasteiger partial charge on any atom is 0.185 e. The van der Waals surface area contributed by atoms with E-state index in [9.17, 15) is 8.42 Å². The summed E-state index contributed by atoms with van der Waals surface area (Å²) in [5.74, 6) is 1.52. The fourth-order valence-corrected chi connectivity index (χ4v) is 8.60. The number of anilines is 1. The Morgan fingerprint density at radius 3 is 2.13 bits per heavy atom. The highest BCUT2D eigenvalue weighted by molar-refractivity contribution is 7.92. The first-order valence-electron chi connectivity index (χ1n) is 13.8. The van der Waals surface area contributed by atoms with Crippen LogP contribution in [0.3, 0.4) is 0 Å². The van der Waals surface area contributed by atoms with Crippen molar-refractivity contribution >= 4 is 26.3 Å². The number of piperidine rings is 1. The molecule has 2 aromatic carbocycles. The first-order valence-corrected chi connectivity index (χ1v) is 16.2. The van der Waals surface area contributed by atoms with Crippen LogP contribution in [0.25, 0.3) is 0 Å². The molecule has 0 amide bonds. The minimum atomic E-state index is -3.46. The van der Waals surface area contributed by atoms with E-state index in [1.54, 1.807) is 18.4 Å². The summed E-state index contributed by atoms with van der Waals surface area (Å²) in [4.78, 5) is 7.73. The average Bonchev–Trinajstić information content (AvgIpc) is 3.36. The van der Waals surface area contributed by atoms with Gasteiger partial charge in [-0.15, -0.1) is 11.3 Å². The van der Waals surface area contributed by atoms with Crippen molar-refractivity contribution in [2.75, 3.05) is 25.1 Å². The van der Waals surface area contributed by atoms with Gasteiger partial charge in [-0.25, -0.2) is 13.4 Å². The number of rotatable bonds is 9. The van der Waals surface area contributed by atoms with E-state index in [1.807, 2.05) is 18.2 Å². The van der Waals surface area contributed by atoms with Gasteiger partial charge in [0.2, 0.25) is 0 Å². The molecule has 2 heterocycles. The number of benzene rings is 2. The minimum absolute atomic E-state index is 0.146. The summed E-state index contributed by atoms with van der Waals surface area (Å²) < 4.78 is 33.9. The standard InChI is InChI=1S/C31H42N2O3S2/c1-20(2)24-17-27(21(3)4)30(28(18-24)22(5)6)38(34,35)26-12-14-33(15-13-26)31-32-25(19-37-31)16-23-10-8-9-11-29(23)36-7/h8-11,17-22,26H,12-16H2,1-7H3. The fourth-order valence-electron chi connectivity index (χ4n) is 5.31. The van der Waals surface area contributed by atoms with Crippen LogP contribution in [0.5, 0.6) is 5.75 Å². The van der Waals surface area contributed by atoms with Gasteiger partial charge in [-0.05, 0) is 53.4 Å². The molecule has 1 aromatic heterocycles. The number of aromatic nitrogens is 1. The smallest absolute Gasteiger partial charge is 0.185 e. The highest BCUT2D eigenvalue weighted by atomic mass is 32.2. The Labute approximate surface area is 233 Å². The summed E-state index contributed by atoms with van der Waals surface area (Å²) in [7, 11) is -1.77. The van der Waals surface area contributed by atoms with E-state index in [4.69, 9.17) is 9.72 Å². The summed E-state index contributed by atoms with van der Waals surface area (Å²) in [6.07, 6.45) is 1.95. The number of sulfone groups is 1. The maximum atomic E-state index is 14.2. The Morgan fingerprint density at radius 1 is 0.974 bits per heavy atom. The second-order valence-electron chi connectivity index (χ2n) is 11.3. The van der Waals surface area contributed by atoms with Crippen LogP contribution in [-0.4, -0.2) is 38.9 Å². The third-order valence-electron chi connectivity index (χ3n) is 7.62. The molecule has 1 saturated heterocycles. The van der Waals surface area contributed by atoms with Gasteiger partial charge in [0.1, 0.15) is 5.75 Å². The molecule has 206 valence electrons. The van der Waals surface area contributed by atoms with E-state index in [1.165, 1.54) is 5.56 Å². The number of ether oxygens (including phenoxy) is 1. The molecule has 0 aliphatic carbocycles. The molecule has 0 unspecified atom stereocenters. The SMILES string of the molecule is COc1ccccc1Cc1csc(N2CCC(S(=O)(=O)c3c(C(C)C)cc(C(C)C)cc3C(C)C)CC2)n1. The number of hydrogen-bond acceptors (Lipinski definition) is 6. The molecule has 1 aliphatic heterocycles. The van der Waals surface area contributed by atoms with Gasteiger partial charge in [-0.2, -0.15) is 0 Å². The highest BCUT2D eigenvalue weighted by Crippen LogP contribution is 2.39. The second kappa shape index (κ2) is 11.8. The molecule has 0 spiro atoms. The minimum Gasteiger partial charge on any atom is -0.496 e. The van der Waals surface area contributed by atoms with Crippen molar-refractivity contribution in [2.45, 2.75) is 88.7 Å². The normalized spacial score (nSPS) is 15.2. The zero-order valence-electron chi connectivity index (χ0n) is 23.8. The molecule has 3 aromatic rings. The predicted octanol–water partition coefficient (Wildman–Crippen LogP) is 7.56. The quantitative estimate of drug-likeness (QED) is 0.273. The predicted molar refractivity (Wildman–Crippen MR) is 159 cm³/mol. The Morgan fingerprint density at radius 2 is 1.58 bits per heavy atom. The van der Waals surface area contributed by atoms with Crippen molar-refractivity contribution in [1.29, 1.82) is 0 Å². The van der Waals surface area contributed by atoms with E-state index in [0.29, 0.717) is 43.2 Å². The first-order chi connectivity index (χ1) is 18.0. The zero-order valence-corrected chi connectivity index (χ0v) is 25.5. The number of nitrogens with zero attached hydrogens (tertiary/aromatic N) is 2. The zero-order chi connectivity index (χ0) is 27.6. The monoisotopic (exact) mass is 554 g/mol. The van der Waals surface area contributed by atoms with Crippen LogP contribution >= 0.6 is 11.3 Å². The summed E-state index contributed by atoms with van der Waals surface area (Å²) in [6, 6.07) is 12.3. The summed E-state index contributed by atoms with van der Waals surface area (Å²) in [6.45, 7) is 14.2. The lowest BCUT2D eigenvalue weighted by atomic mass is 9.89. The van der Waals surface area contributed by atoms with E-state index in [2.05, 4.69) is 70.0 Å². The number of para-hydroxylation sites is 1. The molecular formula is C31H42N2O3S2. The third-order valence-corrected chi connectivity index (χ3v) is 11.0. The molecule has 4 rings (SSSR count). The van der Waals surface area contributed by atoms with Gasteiger partial charge >= 0.3 is 0 Å². The van der Waals surface area contributed by atoms with Crippen LogP contribution in [0, 0.1) is 0 Å². The lowest BCUT2D eigenvalue weighted by Crippen LogP contribution is -2.40. The van der Waals surface area contributed by atoms with Crippen LogP contribution in [0.2, 0.25) is 0 Å². The van der Waals surface area contributed by atoms with E-state index < -0.39 is 9.84 Å². The molecule has 0 N–H and O–H groups in total. The molecule has 1 fully saturated rings. The van der Waals surface area contributed by atoms with Crippen LogP contribution in [0.1, 0.15) is 100 Å². The summed E-state index contributed by atoms with van der Waals surface area (Å²) >= 11 is 1.64. The van der Waals surface area contributed by atoms with Crippen molar-refractivity contribution in [2.24, 2.45) is 0 Å². The Kier molecular flexibility index (Phi) is 8.88. The van der Waals surface area contributed by atoms with Crippen LogP contribution < -0.4 is 9.64 Å². The van der Waals surface area contributed by atoms with Crippen LogP contribution in [0.4, 0.5) is 5.13 Å². The second-order valence-corrected chi connectivity index (χ2v) is 14.3. The van der Waals surface area contributed by atoms with Crippen molar-refractivity contribution in [3.05, 3.63) is 69.7 Å². The van der Waals surface area contributed by atoms with Crippen LogP contribution in [0.15, 0.2) is 46.7 Å². The Balaban J connectivity index is 1.53. The molecule has 0 bridgehead atoms. The van der Waals surface area contributed by atoms with Gasteiger partial charge in [0.15, 0.2) is 15.0 Å². The van der Waals surface area contributed by atoms with Gasteiger partial charge in [-0.3, -0.25) is 0 Å². The highest BCUT2D eigenvalue weighted by Gasteiger charge is 2.36. The van der Waals surface area contributed by atoms with Crippen molar-refractivity contribution in [1.82, 2.24) is 4.98 Å². The fraction of sp³-hybridized carbons (Fsp3) is 0.516. The van der Waals surface area contributed by atoms with E-state index >= 15 is 0 Å². The molecule has 0 radical (unpaired) electrons. The topological polar surface area (TPSA) is 59.5 Å². The molecule has 5 nitrogen and oxygen atoms in total. The molecule has 7 heteroatoms. The molecule has 0 atom stereocenters. The largest absolute Gasteiger partial charge is 0.496 e. The summed E-state index contributed by atoms with van der Waals surface area (Å²) in [5.41, 5.74) is 5.30. The van der Waals surface area contributed by atoms with Crippen molar-refractivity contribution < 1.29 is 13.2 Å². The Hall–Kier alpha value is -2.38. The van der Waals surface area contributed by atoms with Gasteiger partial charge < -0.3 is 9.64 Å². The van der Waals surface area contributed by atoms with Gasteiger partial charge in [0.25, 0.3) is 0 Å². The van der Waals surface area contributed by atoms with Crippen LogP contribution in [-0.2, 0) is 16.3 Å². The number of thiazole rings is 1. The summed E-state index contributed by atoms with van der Waals surface area (Å²) in [5, 5.41) is 2.70.